The van der Waals surface area contributed by atoms with Gasteiger partial charge < -0.3 is 14.4 Å². The molecule has 2 aromatic rings. The van der Waals surface area contributed by atoms with Crippen LogP contribution < -0.4 is 0 Å². The molecule has 33 heavy (non-hydrogen) atoms. The first kappa shape index (κ1) is 27.5. The van der Waals surface area contributed by atoms with E-state index in [9.17, 15) is 9.59 Å². The number of benzene rings is 1. The number of aromatic nitrogens is 1. The average molecular weight is 539 g/mol. The molecule has 0 spiro atoms. The van der Waals surface area contributed by atoms with Gasteiger partial charge in [-0.3, -0.25) is 9.59 Å². The molecular weight excluding hydrogens is 502 g/mol. The molecule has 0 bridgehead atoms. The van der Waals surface area contributed by atoms with Gasteiger partial charge in [-0.15, -0.1) is 11.6 Å². The lowest BCUT2D eigenvalue weighted by atomic mass is 9.94. The molecule has 0 aliphatic carbocycles. The topological polar surface area (TPSA) is 45.6 Å². The maximum Gasteiger partial charge on any atom is 0.242 e. The zero-order valence-electron chi connectivity index (χ0n) is 20.3. The molecule has 2 rings (SSSR count). The lowest BCUT2D eigenvalue weighted by Gasteiger charge is -2.32. The number of hydrogen-bond donors (Lipinski definition) is 0. The Morgan fingerprint density at radius 2 is 1.73 bits per heavy atom. The summed E-state index contributed by atoms with van der Waals surface area (Å²) in [6.45, 7) is 10.4. The third-order valence-electron chi connectivity index (χ3n) is 5.70. The summed E-state index contributed by atoms with van der Waals surface area (Å²) in [7, 11) is 0. The Bertz CT molecular complexity index is 895. The highest BCUT2D eigenvalue weighted by Gasteiger charge is 2.32. The van der Waals surface area contributed by atoms with Crippen LogP contribution in [-0.4, -0.2) is 51.7 Å². The first-order valence-corrected chi connectivity index (χ1v) is 13.1. The standard InChI is InChI=1S/C26H37BrClN3O2/c1-5-7-15-30(24(32)19-31(14-6-2)25(33)26(3,4)20-28)18-23-9-8-16-29(23)17-21-10-12-22(27)13-11-21/h8-13,16H,5-7,14-15,17-20H2,1-4H3. The van der Waals surface area contributed by atoms with Gasteiger partial charge in [-0.2, -0.15) is 0 Å². The molecular formula is C26H37BrClN3O2. The fourth-order valence-corrected chi connectivity index (χ4v) is 4.02. The van der Waals surface area contributed by atoms with Crippen LogP contribution in [0.5, 0.6) is 0 Å². The highest BCUT2D eigenvalue weighted by Crippen LogP contribution is 2.21. The van der Waals surface area contributed by atoms with E-state index in [2.05, 4.69) is 51.8 Å². The number of halogens is 2. The molecule has 2 amide bonds. The molecule has 182 valence electrons. The van der Waals surface area contributed by atoms with Gasteiger partial charge in [-0.25, -0.2) is 0 Å². The van der Waals surface area contributed by atoms with Crippen LogP contribution in [0.4, 0.5) is 0 Å². The highest BCUT2D eigenvalue weighted by atomic mass is 79.9. The summed E-state index contributed by atoms with van der Waals surface area (Å²) in [5.41, 5.74) is 1.59. The van der Waals surface area contributed by atoms with Crippen LogP contribution in [0.1, 0.15) is 58.2 Å². The van der Waals surface area contributed by atoms with Crippen molar-refractivity contribution in [1.29, 1.82) is 0 Å². The van der Waals surface area contributed by atoms with Gasteiger partial charge in [0.15, 0.2) is 0 Å². The van der Waals surface area contributed by atoms with Crippen molar-refractivity contribution in [1.82, 2.24) is 14.4 Å². The summed E-state index contributed by atoms with van der Waals surface area (Å²) in [6.07, 6.45) is 4.77. The van der Waals surface area contributed by atoms with E-state index in [1.807, 2.05) is 43.9 Å². The van der Waals surface area contributed by atoms with E-state index in [-0.39, 0.29) is 24.2 Å². The van der Waals surface area contributed by atoms with E-state index in [1.165, 1.54) is 5.56 Å². The predicted octanol–water partition coefficient (Wildman–Crippen LogP) is 5.93. The summed E-state index contributed by atoms with van der Waals surface area (Å²) in [4.78, 5) is 30.0. The second-order valence-corrected chi connectivity index (χ2v) is 10.3. The number of amides is 2. The van der Waals surface area contributed by atoms with Gasteiger partial charge in [0, 0.05) is 41.9 Å². The van der Waals surface area contributed by atoms with E-state index in [0.717, 1.165) is 36.0 Å². The molecule has 0 aliphatic rings. The Balaban J connectivity index is 2.17. The zero-order chi connectivity index (χ0) is 24.4. The van der Waals surface area contributed by atoms with Crippen molar-refractivity contribution in [2.24, 2.45) is 5.41 Å². The van der Waals surface area contributed by atoms with Crippen LogP contribution in [0.3, 0.4) is 0 Å². The number of hydrogen-bond acceptors (Lipinski definition) is 2. The normalized spacial score (nSPS) is 11.5. The smallest absolute Gasteiger partial charge is 0.242 e. The largest absolute Gasteiger partial charge is 0.345 e. The van der Waals surface area contributed by atoms with Gasteiger partial charge in [0.1, 0.15) is 0 Å². The van der Waals surface area contributed by atoms with E-state index < -0.39 is 5.41 Å². The van der Waals surface area contributed by atoms with E-state index in [4.69, 9.17) is 11.6 Å². The molecule has 1 aromatic heterocycles. The minimum atomic E-state index is -0.690. The first-order chi connectivity index (χ1) is 15.7. The molecule has 0 saturated heterocycles. The van der Waals surface area contributed by atoms with Gasteiger partial charge in [0.25, 0.3) is 0 Å². The van der Waals surface area contributed by atoms with Crippen LogP contribution in [0.2, 0.25) is 0 Å². The Kier molecular flexibility index (Phi) is 11.0. The van der Waals surface area contributed by atoms with E-state index in [1.54, 1.807) is 4.90 Å². The first-order valence-electron chi connectivity index (χ1n) is 11.7. The molecule has 0 N–H and O–H groups in total. The van der Waals surface area contributed by atoms with Crippen LogP contribution >= 0.6 is 27.5 Å². The third kappa shape index (κ3) is 8.18. The Morgan fingerprint density at radius 1 is 1.03 bits per heavy atom. The van der Waals surface area contributed by atoms with Gasteiger partial charge in [0.05, 0.1) is 18.5 Å². The minimum absolute atomic E-state index is 0.0213. The molecule has 0 atom stereocenters. The van der Waals surface area contributed by atoms with Gasteiger partial charge >= 0.3 is 0 Å². The maximum atomic E-state index is 13.4. The van der Waals surface area contributed by atoms with Crippen molar-refractivity contribution >= 4 is 39.3 Å². The van der Waals surface area contributed by atoms with Crippen molar-refractivity contribution in [2.75, 3.05) is 25.5 Å². The second kappa shape index (κ2) is 13.2. The lowest BCUT2D eigenvalue weighted by molar-refractivity contribution is -0.145. The monoisotopic (exact) mass is 537 g/mol. The number of alkyl halides is 1. The lowest BCUT2D eigenvalue weighted by Crippen LogP contribution is -2.48. The predicted molar refractivity (Wildman–Crippen MR) is 139 cm³/mol. The summed E-state index contributed by atoms with van der Waals surface area (Å²) in [5, 5.41) is 0. The molecule has 0 saturated carbocycles. The number of carbonyl (C=O) groups excluding carboxylic acids is 2. The fraction of sp³-hybridized carbons (Fsp3) is 0.538. The van der Waals surface area contributed by atoms with Gasteiger partial charge in [-0.05, 0) is 56.5 Å². The zero-order valence-corrected chi connectivity index (χ0v) is 22.7. The van der Waals surface area contributed by atoms with Crippen molar-refractivity contribution in [3.63, 3.8) is 0 Å². The Hall–Kier alpha value is -1.79. The Labute approximate surface area is 212 Å². The Morgan fingerprint density at radius 3 is 2.33 bits per heavy atom. The summed E-state index contributed by atoms with van der Waals surface area (Å²) in [5.74, 6) is 0.136. The SMILES string of the molecule is CCCCN(Cc1cccn1Cc1ccc(Br)cc1)C(=O)CN(CCC)C(=O)C(C)(C)CCl. The van der Waals surface area contributed by atoms with Crippen molar-refractivity contribution in [3.05, 3.63) is 58.3 Å². The average Bonchev–Trinajstić information content (AvgIpc) is 3.23. The fourth-order valence-electron chi connectivity index (χ4n) is 3.64. The van der Waals surface area contributed by atoms with Gasteiger partial charge in [0.2, 0.25) is 11.8 Å². The number of nitrogens with zero attached hydrogens (tertiary/aromatic N) is 3. The third-order valence-corrected chi connectivity index (χ3v) is 6.89. The number of carbonyl (C=O) groups is 2. The molecule has 1 aromatic carbocycles. The maximum absolute atomic E-state index is 13.4. The van der Waals surface area contributed by atoms with Crippen molar-refractivity contribution < 1.29 is 9.59 Å². The highest BCUT2D eigenvalue weighted by molar-refractivity contribution is 9.10. The molecule has 7 heteroatoms. The molecule has 0 aliphatic heterocycles. The number of rotatable bonds is 13. The van der Waals surface area contributed by atoms with E-state index >= 15 is 0 Å². The van der Waals surface area contributed by atoms with Crippen LogP contribution in [-0.2, 0) is 22.7 Å². The quantitative estimate of drug-likeness (QED) is 0.297. The minimum Gasteiger partial charge on any atom is -0.345 e. The van der Waals surface area contributed by atoms with Crippen LogP contribution in [0, 0.1) is 5.41 Å². The van der Waals surface area contributed by atoms with Crippen molar-refractivity contribution in [3.8, 4) is 0 Å². The second-order valence-electron chi connectivity index (χ2n) is 9.17. The number of unbranched alkanes of at least 4 members (excludes halogenated alkanes) is 1. The molecule has 0 unspecified atom stereocenters. The summed E-state index contributed by atoms with van der Waals surface area (Å²) < 4.78 is 3.24. The molecule has 5 nitrogen and oxygen atoms in total. The molecule has 1 heterocycles. The molecule has 0 radical (unpaired) electrons. The van der Waals surface area contributed by atoms with Crippen molar-refractivity contribution in [2.45, 2.75) is 60.0 Å². The summed E-state index contributed by atoms with van der Waals surface area (Å²) >= 11 is 9.52. The van der Waals surface area contributed by atoms with Gasteiger partial charge in [-0.1, -0.05) is 48.3 Å². The van der Waals surface area contributed by atoms with Crippen LogP contribution in [0.15, 0.2) is 47.1 Å². The van der Waals surface area contributed by atoms with Crippen LogP contribution in [0.25, 0.3) is 0 Å². The van der Waals surface area contributed by atoms with E-state index in [0.29, 0.717) is 19.6 Å². The summed E-state index contributed by atoms with van der Waals surface area (Å²) in [6, 6.07) is 12.4. The molecule has 0 fully saturated rings.